The number of carbonyl (C=O) groups excluding carboxylic acids is 2. The number of rotatable bonds is 7. The zero-order chi connectivity index (χ0) is 19.4. The lowest BCUT2D eigenvalue weighted by molar-refractivity contribution is -0.120. The lowest BCUT2D eigenvalue weighted by atomic mass is 9.39. The molecule has 1 atom stereocenters. The van der Waals surface area contributed by atoms with E-state index in [1.807, 2.05) is 29.5 Å². The molecule has 0 radical (unpaired) electrons. The first kappa shape index (κ1) is 21.9. The van der Waals surface area contributed by atoms with Gasteiger partial charge in [-0.3, -0.25) is 9.59 Å². The molecule has 11 heteroatoms. The summed E-state index contributed by atoms with van der Waals surface area (Å²) in [6, 6.07) is 4.44. The zero-order valence-corrected chi connectivity index (χ0v) is 16.1. The summed E-state index contributed by atoms with van der Waals surface area (Å²) in [7, 11) is 1.93. The van der Waals surface area contributed by atoms with Gasteiger partial charge in [-0.25, -0.2) is 0 Å². The maximum atomic E-state index is 12.1. The van der Waals surface area contributed by atoms with Crippen molar-refractivity contribution in [3.05, 3.63) is 33.8 Å². The molecule has 0 aliphatic carbocycles. The van der Waals surface area contributed by atoms with Gasteiger partial charge in [0.1, 0.15) is 15.7 Å². The van der Waals surface area contributed by atoms with E-state index in [1.54, 1.807) is 6.07 Å². The van der Waals surface area contributed by atoms with Crippen molar-refractivity contribution in [2.75, 3.05) is 6.54 Å². The largest absolute Gasteiger partial charge is 0.474 e. The Labute approximate surface area is 159 Å². The molecule has 0 saturated carbocycles. The molecular formula is C14H21B3Cl2N2O4. The first-order valence-electron chi connectivity index (χ1n) is 7.85. The van der Waals surface area contributed by atoms with Gasteiger partial charge in [-0.05, 0) is 18.2 Å². The van der Waals surface area contributed by atoms with Gasteiger partial charge in [-0.2, -0.15) is 0 Å². The topological polar surface area (TPSA) is 98.7 Å². The number of nitrogens with one attached hydrogen (secondary N) is 2. The van der Waals surface area contributed by atoms with Gasteiger partial charge in [-0.1, -0.05) is 48.2 Å². The van der Waals surface area contributed by atoms with E-state index < -0.39 is 30.1 Å². The van der Waals surface area contributed by atoms with E-state index in [-0.39, 0.29) is 23.0 Å². The molecule has 0 aromatic heterocycles. The summed E-state index contributed by atoms with van der Waals surface area (Å²) in [5.74, 6) is -1.89. The normalized spacial score (nSPS) is 12.6. The van der Waals surface area contributed by atoms with E-state index in [0.29, 0.717) is 5.02 Å². The summed E-state index contributed by atoms with van der Waals surface area (Å²) < 4.78 is 0. The average Bonchev–Trinajstić information content (AvgIpc) is 2.51. The second kappa shape index (κ2) is 8.99. The minimum atomic E-state index is -1.72. The van der Waals surface area contributed by atoms with Gasteiger partial charge in [0.15, 0.2) is 0 Å². The third-order valence-electron chi connectivity index (χ3n) is 4.49. The molecule has 0 aliphatic heterocycles. The van der Waals surface area contributed by atoms with Crippen LogP contribution in [0.2, 0.25) is 15.3 Å². The van der Waals surface area contributed by atoms with E-state index in [0.717, 1.165) is 0 Å². The summed E-state index contributed by atoms with van der Waals surface area (Å²) in [6.07, 6.45) is 0. The molecule has 1 rings (SSSR count). The highest BCUT2D eigenvalue weighted by molar-refractivity contribution is 6.52. The fourth-order valence-electron chi connectivity index (χ4n) is 2.16. The Bertz CT molecular complexity index is 645. The average molecular weight is 385 g/mol. The first-order valence-corrected chi connectivity index (χ1v) is 8.61. The van der Waals surface area contributed by atoms with Crippen LogP contribution >= 0.6 is 23.2 Å². The number of halogens is 2. The Morgan fingerprint density at radius 2 is 1.88 bits per heavy atom. The summed E-state index contributed by atoms with van der Waals surface area (Å²) in [5.41, 5.74) is 0.156. The molecule has 4 N–H and O–H groups in total. The van der Waals surface area contributed by atoms with Crippen LogP contribution in [0.15, 0.2) is 18.2 Å². The molecule has 2 amide bonds. The number of hydrogen-bond acceptors (Lipinski definition) is 4. The van der Waals surface area contributed by atoms with Crippen LogP contribution in [-0.4, -0.2) is 57.2 Å². The lowest BCUT2D eigenvalue weighted by Gasteiger charge is -2.38. The van der Waals surface area contributed by atoms with Gasteiger partial charge in [0.2, 0.25) is 5.91 Å². The summed E-state index contributed by atoms with van der Waals surface area (Å²) >= 11 is 11.8. The predicted octanol–water partition coefficient (Wildman–Crippen LogP) is -0.742. The van der Waals surface area contributed by atoms with E-state index >= 15 is 0 Å². The Kier molecular flexibility index (Phi) is 7.87. The van der Waals surface area contributed by atoms with E-state index in [2.05, 4.69) is 10.6 Å². The van der Waals surface area contributed by atoms with Crippen LogP contribution in [-0.2, 0) is 4.79 Å². The van der Waals surface area contributed by atoms with Gasteiger partial charge in [-0.15, -0.1) is 0 Å². The summed E-state index contributed by atoms with van der Waals surface area (Å²) in [4.78, 5) is 24.2. The molecule has 1 aromatic rings. The quantitative estimate of drug-likeness (QED) is 0.465. The summed E-state index contributed by atoms with van der Waals surface area (Å²) in [5, 5.41) is 24.2. The molecule has 1 aromatic carbocycles. The molecule has 0 fully saturated rings. The van der Waals surface area contributed by atoms with Crippen LogP contribution in [0.25, 0.3) is 0 Å². The monoisotopic (exact) mass is 384 g/mol. The molecule has 0 aliphatic rings. The molecule has 25 heavy (non-hydrogen) atoms. The lowest BCUT2D eigenvalue weighted by Crippen LogP contribution is -2.57. The Morgan fingerprint density at radius 1 is 1.28 bits per heavy atom. The van der Waals surface area contributed by atoms with Gasteiger partial charge in [0, 0.05) is 5.02 Å². The highest BCUT2D eigenvalue weighted by atomic mass is 35.5. The second-order valence-electron chi connectivity index (χ2n) is 6.74. The maximum Gasteiger partial charge on any atom is 0.474 e. The molecule has 0 saturated heterocycles. The third-order valence-corrected chi connectivity index (χ3v) is 5.05. The number of carbonyl (C=O) groups is 2. The van der Waals surface area contributed by atoms with Gasteiger partial charge >= 0.3 is 7.12 Å². The maximum absolute atomic E-state index is 12.1. The minimum absolute atomic E-state index is 0.0828. The van der Waals surface area contributed by atoms with E-state index in [9.17, 15) is 19.6 Å². The van der Waals surface area contributed by atoms with E-state index in [4.69, 9.17) is 23.2 Å². The minimum Gasteiger partial charge on any atom is -0.426 e. The number of hydrogen-bond donors (Lipinski definition) is 4. The third kappa shape index (κ3) is 5.96. The van der Waals surface area contributed by atoms with Crippen molar-refractivity contribution in [3.8, 4) is 0 Å². The Balaban J connectivity index is 2.72. The van der Waals surface area contributed by atoms with Crippen molar-refractivity contribution in [2.45, 2.75) is 25.0 Å². The first-order chi connectivity index (χ1) is 11.5. The van der Waals surface area contributed by atoms with Crippen LogP contribution < -0.4 is 10.6 Å². The molecule has 134 valence electrons. The van der Waals surface area contributed by atoms with Crippen LogP contribution in [0.1, 0.15) is 24.2 Å². The van der Waals surface area contributed by atoms with Crippen LogP contribution in [0.4, 0.5) is 0 Å². The zero-order valence-electron chi connectivity index (χ0n) is 14.6. The fraction of sp³-hybridized carbons (Fsp3) is 0.429. The molecule has 0 heterocycles. The van der Waals surface area contributed by atoms with Crippen molar-refractivity contribution < 1.29 is 19.6 Å². The van der Waals surface area contributed by atoms with E-state index in [1.165, 1.54) is 12.1 Å². The van der Waals surface area contributed by atoms with Gasteiger partial charge < -0.3 is 20.7 Å². The molecule has 6 nitrogen and oxygen atoms in total. The van der Waals surface area contributed by atoms with Gasteiger partial charge in [0.05, 0.1) is 23.1 Å². The highest BCUT2D eigenvalue weighted by Crippen LogP contribution is 2.32. The van der Waals surface area contributed by atoms with Crippen LogP contribution in [0.5, 0.6) is 0 Å². The van der Waals surface area contributed by atoms with Crippen molar-refractivity contribution in [1.29, 1.82) is 0 Å². The SMILES string of the molecule is BC(B)(C(C)C)[C@H](NC(=O)CNC(=O)c1cc(Cl)ccc1Cl)B(O)O. The Morgan fingerprint density at radius 3 is 2.40 bits per heavy atom. The molecule has 0 spiro atoms. The Hall–Kier alpha value is -1.15. The smallest absolute Gasteiger partial charge is 0.426 e. The van der Waals surface area contributed by atoms with Crippen molar-refractivity contribution in [1.82, 2.24) is 10.6 Å². The molecule has 0 bridgehead atoms. The number of benzene rings is 1. The van der Waals surface area contributed by atoms with Gasteiger partial charge in [0.25, 0.3) is 5.91 Å². The number of amides is 2. The molecular weight excluding hydrogens is 364 g/mol. The van der Waals surface area contributed by atoms with Crippen molar-refractivity contribution in [2.24, 2.45) is 5.92 Å². The van der Waals surface area contributed by atoms with Crippen LogP contribution in [0, 0.1) is 5.92 Å². The molecule has 0 unspecified atom stereocenters. The van der Waals surface area contributed by atoms with Crippen molar-refractivity contribution in [3.63, 3.8) is 0 Å². The van der Waals surface area contributed by atoms with Crippen molar-refractivity contribution >= 4 is 57.8 Å². The fourth-order valence-corrected chi connectivity index (χ4v) is 2.53. The standard InChI is InChI=1S/C14H21B3Cl2N2O4/c1-7(2)14(15,16)13(17(24)25)21-11(22)6-20-12(23)9-5-8(18)3-4-10(9)19/h3-5,7,13,24-25H,6,15-16H2,1-2H3,(H,20,23)(H,21,22)/t13-/m0/s1. The van der Waals surface area contributed by atoms with Crippen LogP contribution in [0.3, 0.4) is 0 Å². The summed E-state index contributed by atoms with van der Waals surface area (Å²) in [6.45, 7) is 3.51. The second-order valence-corrected chi connectivity index (χ2v) is 7.59. The highest BCUT2D eigenvalue weighted by Gasteiger charge is 2.40. The predicted molar refractivity (Wildman–Crippen MR) is 106 cm³/mol.